The number of ether oxygens (including phenoxy) is 1. The highest BCUT2D eigenvalue weighted by atomic mass is 16.5. The molecule has 0 bridgehead atoms. The van der Waals surface area contributed by atoms with Gasteiger partial charge >= 0.3 is 0 Å². The van der Waals surface area contributed by atoms with E-state index in [4.69, 9.17) is 4.74 Å². The van der Waals surface area contributed by atoms with Gasteiger partial charge in [-0.2, -0.15) is 0 Å². The normalized spacial score (nSPS) is 13.1. The van der Waals surface area contributed by atoms with E-state index in [1.807, 2.05) is 6.07 Å². The summed E-state index contributed by atoms with van der Waals surface area (Å²) in [5.41, 5.74) is 2.44. The molecule has 1 aromatic rings. The summed E-state index contributed by atoms with van der Waals surface area (Å²) < 4.78 is 5.43. The van der Waals surface area contributed by atoms with Crippen LogP contribution >= 0.6 is 0 Å². The third kappa shape index (κ3) is 3.74. The van der Waals surface area contributed by atoms with Crippen molar-refractivity contribution >= 4 is 0 Å². The van der Waals surface area contributed by atoms with Gasteiger partial charge in [0.05, 0.1) is 13.7 Å². The average Bonchev–Trinajstić information content (AvgIpc) is 2.34. The van der Waals surface area contributed by atoms with Gasteiger partial charge in [-0.25, -0.2) is 0 Å². The molecule has 1 N–H and O–H groups in total. The third-order valence-corrected chi connectivity index (χ3v) is 3.34. The van der Waals surface area contributed by atoms with Crippen molar-refractivity contribution in [3.05, 3.63) is 29.3 Å². The zero-order valence-electron chi connectivity index (χ0n) is 12.2. The summed E-state index contributed by atoms with van der Waals surface area (Å²) in [5, 5.41) is 9.62. The van der Waals surface area contributed by atoms with E-state index < -0.39 is 0 Å². The molecule has 0 fully saturated rings. The van der Waals surface area contributed by atoms with Crippen molar-refractivity contribution < 1.29 is 9.84 Å². The Bertz CT molecular complexity index is 369. The molecule has 1 aromatic carbocycles. The summed E-state index contributed by atoms with van der Waals surface area (Å²) in [6, 6.07) is 6.32. The number of rotatable bonds is 6. The highest BCUT2D eigenvalue weighted by Crippen LogP contribution is 2.33. The minimum Gasteiger partial charge on any atom is -0.496 e. The molecule has 18 heavy (non-hydrogen) atoms. The van der Waals surface area contributed by atoms with Crippen molar-refractivity contribution in [2.75, 3.05) is 13.7 Å². The molecule has 0 aliphatic carbocycles. The zero-order valence-corrected chi connectivity index (χ0v) is 12.2. The Morgan fingerprint density at radius 2 is 1.83 bits per heavy atom. The lowest BCUT2D eigenvalue weighted by Crippen LogP contribution is -2.10. The predicted molar refractivity (Wildman–Crippen MR) is 76.4 cm³/mol. The second-order valence-electron chi connectivity index (χ2n) is 5.67. The summed E-state index contributed by atoms with van der Waals surface area (Å²) in [6.45, 7) is 8.91. The fraction of sp³-hybridized carbons (Fsp3) is 0.625. The summed E-state index contributed by atoms with van der Waals surface area (Å²) in [6.07, 6.45) is 0.981. The van der Waals surface area contributed by atoms with E-state index in [1.54, 1.807) is 7.11 Å². The van der Waals surface area contributed by atoms with Crippen LogP contribution < -0.4 is 4.74 Å². The van der Waals surface area contributed by atoms with Crippen LogP contribution in [-0.2, 0) is 0 Å². The molecule has 0 radical (unpaired) electrons. The van der Waals surface area contributed by atoms with E-state index >= 15 is 0 Å². The first-order valence-electron chi connectivity index (χ1n) is 6.78. The second kappa shape index (κ2) is 6.79. The molecule has 2 heteroatoms. The molecule has 0 saturated carbocycles. The topological polar surface area (TPSA) is 29.5 Å². The van der Waals surface area contributed by atoms with Gasteiger partial charge in [0.15, 0.2) is 0 Å². The Kier molecular flexibility index (Phi) is 5.67. The van der Waals surface area contributed by atoms with Gasteiger partial charge in [0.1, 0.15) is 5.75 Å². The molecule has 0 amide bonds. The maximum absolute atomic E-state index is 9.62. The van der Waals surface area contributed by atoms with Gasteiger partial charge in [0.25, 0.3) is 0 Å². The molecule has 0 heterocycles. The zero-order chi connectivity index (χ0) is 13.7. The third-order valence-electron chi connectivity index (χ3n) is 3.34. The summed E-state index contributed by atoms with van der Waals surface area (Å²) in [7, 11) is 1.69. The highest BCUT2D eigenvalue weighted by Gasteiger charge is 2.18. The molecule has 0 aliphatic heterocycles. The molecule has 1 atom stereocenters. The Morgan fingerprint density at radius 3 is 2.28 bits per heavy atom. The largest absolute Gasteiger partial charge is 0.496 e. The summed E-state index contributed by atoms with van der Waals surface area (Å²) in [4.78, 5) is 0. The first-order valence-corrected chi connectivity index (χ1v) is 6.78. The lowest BCUT2D eigenvalue weighted by atomic mass is 9.88. The summed E-state index contributed by atoms with van der Waals surface area (Å²) in [5.74, 6) is 2.11. The molecule has 102 valence electrons. The van der Waals surface area contributed by atoms with Crippen LogP contribution in [0, 0.1) is 5.92 Å². The van der Waals surface area contributed by atoms with Crippen LogP contribution in [0.2, 0.25) is 0 Å². The molecule has 0 aromatic heterocycles. The van der Waals surface area contributed by atoms with Crippen LogP contribution in [0.3, 0.4) is 0 Å². The molecule has 1 rings (SSSR count). The quantitative estimate of drug-likeness (QED) is 0.828. The summed E-state index contributed by atoms with van der Waals surface area (Å²) >= 11 is 0. The van der Waals surface area contributed by atoms with E-state index in [-0.39, 0.29) is 12.5 Å². The van der Waals surface area contributed by atoms with Gasteiger partial charge < -0.3 is 9.84 Å². The molecular weight excluding hydrogens is 224 g/mol. The smallest absolute Gasteiger partial charge is 0.122 e. The predicted octanol–water partition coefficient (Wildman–Crippen LogP) is 3.94. The molecule has 0 spiro atoms. The minimum atomic E-state index is 0.165. The van der Waals surface area contributed by atoms with Gasteiger partial charge in [-0.15, -0.1) is 0 Å². The van der Waals surface area contributed by atoms with Crippen LogP contribution in [0.5, 0.6) is 5.75 Å². The number of hydrogen-bond acceptors (Lipinski definition) is 2. The fourth-order valence-corrected chi connectivity index (χ4v) is 2.30. The first kappa shape index (κ1) is 15.0. The van der Waals surface area contributed by atoms with Gasteiger partial charge in [0, 0.05) is 5.92 Å². The van der Waals surface area contributed by atoms with Crippen molar-refractivity contribution in [1.29, 1.82) is 0 Å². The SMILES string of the molecule is COc1ccc(C(C)C)cc1C(CO)CC(C)C. The lowest BCUT2D eigenvalue weighted by Gasteiger charge is -2.21. The molecular formula is C16H26O2. The maximum Gasteiger partial charge on any atom is 0.122 e. The molecule has 0 saturated heterocycles. The van der Waals surface area contributed by atoms with Gasteiger partial charge in [-0.3, -0.25) is 0 Å². The maximum atomic E-state index is 9.62. The van der Waals surface area contributed by atoms with Crippen LogP contribution in [0.25, 0.3) is 0 Å². The Balaban J connectivity index is 3.12. The average molecular weight is 250 g/mol. The minimum absolute atomic E-state index is 0.165. The van der Waals surface area contributed by atoms with Gasteiger partial charge in [-0.1, -0.05) is 39.8 Å². The van der Waals surface area contributed by atoms with Crippen LogP contribution in [0.15, 0.2) is 18.2 Å². The number of benzene rings is 1. The molecule has 0 aliphatic rings. The number of aliphatic hydroxyl groups excluding tert-OH is 1. The Labute approximate surface area is 111 Å². The van der Waals surface area contributed by atoms with Crippen LogP contribution in [0.1, 0.15) is 57.1 Å². The Hall–Kier alpha value is -1.02. The van der Waals surface area contributed by atoms with Crippen molar-refractivity contribution in [3.63, 3.8) is 0 Å². The van der Waals surface area contributed by atoms with Crippen molar-refractivity contribution in [1.82, 2.24) is 0 Å². The lowest BCUT2D eigenvalue weighted by molar-refractivity contribution is 0.245. The van der Waals surface area contributed by atoms with Gasteiger partial charge in [-0.05, 0) is 35.4 Å². The molecule has 1 unspecified atom stereocenters. The van der Waals surface area contributed by atoms with E-state index in [2.05, 4.69) is 39.8 Å². The fourth-order valence-electron chi connectivity index (χ4n) is 2.30. The highest BCUT2D eigenvalue weighted by molar-refractivity contribution is 5.40. The van der Waals surface area contributed by atoms with Crippen LogP contribution in [0.4, 0.5) is 0 Å². The first-order chi connectivity index (χ1) is 8.49. The van der Waals surface area contributed by atoms with Crippen molar-refractivity contribution in [2.45, 2.75) is 46.0 Å². The second-order valence-corrected chi connectivity index (χ2v) is 5.67. The van der Waals surface area contributed by atoms with Crippen molar-refractivity contribution in [3.8, 4) is 5.75 Å². The van der Waals surface area contributed by atoms with Crippen molar-refractivity contribution in [2.24, 2.45) is 5.92 Å². The standard InChI is InChI=1S/C16H26O2/c1-11(2)8-14(10-17)15-9-13(12(3)4)6-7-16(15)18-5/h6-7,9,11-12,14,17H,8,10H2,1-5H3. The van der Waals surface area contributed by atoms with E-state index in [0.29, 0.717) is 11.8 Å². The van der Waals surface area contributed by atoms with Crippen LogP contribution in [-0.4, -0.2) is 18.8 Å². The van der Waals surface area contributed by atoms with E-state index in [0.717, 1.165) is 17.7 Å². The monoisotopic (exact) mass is 250 g/mol. The molecule has 2 nitrogen and oxygen atoms in total. The van der Waals surface area contributed by atoms with E-state index in [9.17, 15) is 5.11 Å². The number of aliphatic hydroxyl groups is 1. The number of hydrogen-bond donors (Lipinski definition) is 1. The van der Waals surface area contributed by atoms with E-state index in [1.165, 1.54) is 5.56 Å². The number of methoxy groups -OCH3 is 1. The Morgan fingerprint density at radius 1 is 1.17 bits per heavy atom. The van der Waals surface area contributed by atoms with Gasteiger partial charge in [0.2, 0.25) is 0 Å².